The summed E-state index contributed by atoms with van der Waals surface area (Å²) in [4.78, 5) is 0. The van der Waals surface area contributed by atoms with Gasteiger partial charge in [0, 0.05) is 6.04 Å². The van der Waals surface area contributed by atoms with Crippen molar-refractivity contribution < 1.29 is 18.6 Å². The molecule has 1 aromatic carbocycles. The van der Waals surface area contributed by atoms with Crippen LogP contribution in [0.15, 0.2) is 24.3 Å². The molecule has 5 heteroatoms. The molecule has 1 aromatic rings. The Balaban J connectivity index is 2.72. The van der Waals surface area contributed by atoms with Crippen molar-refractivity contribution >= 4 is 0 Å². The fraction of sp³-hybridized carbons (Fsp3) is 0.400. The molecule has 0 amide bonds. The number of nitrogens with two attached hydrogens (primary N) is 1. The second kappa shape index (κ2) is 5.04. The number of alkyl halides is 2. The Hall–Kier alpha value is -1.20. The molecule has 3 N–H and O–H groups in total. The van der Waals surface area contributed by atoms with Crippen LogP contribution in [0, 0.1) is 0 Å². The van der Waals surface area contributed by atoms with Gasteiger partial charge in [0.25, 0.3) is 0 Å². The summed E-state index contributed by atoms with van der Waals surface area (Å²) in [5, 5.41) is 9.56. The Morgan fingerprint density at radius 2 is 1.80 bits per heavy atom. The average molecular weight is 217 g/mol. The lowest BCUT2D eigenvalue weighted by Gasteiger charge is -2.15. The van der Waals surface area contributed by atoms with E-state index in [4.69, 9.17) is 5.73 Å². The number of aliphatic hydroxyl groups excluding tert-OH is 1. The van der Waals surface area contributed by atoms with Gasteiger partial charge in [-0.05, 0) is 24.6 Å². The van der Waals surface area contributed by atoms with E-state index in [-0.39, 0.29) is 5.75 Å². The van der Waals surface area contributed by atoms with Gasteiger partial charge in [-0.2, -0.15) is 8.78 Å². The van der Waals surface area contributed by atoms with Gasteiger partial charge >= 0.3 is 6.61 Å². The summed E-state index contributed by atoms with van der Waals surface area (Å²) in [6, 6.07) is 5.34. The van der Waals surface area contributed by atoms with Gasteiger partial charge in [0.05, 0.1) is 6.10 Å². The molecule has 0 aliphatic carbocycles. The van der Waals surface area contributed by atoms with Gasteiger partial charge in [0.1, 0.15) is 5.75 Å². The van der Waals surface area contributed by atoms with Crippen LogP contribution in [0.1, 0.15) is 18.6 Å². The Morgan fingerprint density at radius 3 is 2.20 bits per heavy atom. The van der Waals surface area contributed by atoms with E-state index in [0.717, 1.165) is 0 Å². The number of aliphatic hydroxyl groups is 1. The molecule has 0 aliphatic heterocycles. The van der Waals surface area contributed by atoms with Gasteiger partial charge < -0.3 is 15.6 Å². The second-order valence-electron chi connectivity index (χ2n) is 3.25. The molecule has 0 saturated carbocycles. The minimum Gasteiger partial charge on any atom is -0.435 e. The Labute approximate surface area is 86.5 Å². The summed E-state index contributed by atoms with van der Waals surface area (Å²) >= 11 is 0. The molecule has 0 spiro atoms. The summed E-state index contributed by atoms with van der Waals surface area (Å²) in [5.74, 6) is 0.0608. The zero-order valence-electron chi connectivity index (χ0n) is 8.23. The number of ether oxygens (including phenoxy) is 1. The molecule has 0 aromatic heterocycles. The average Bonchev–Trinajstić information content (AvgIpc) is 2.17. The summed E-state index contributed by atoms with van der Waals surface area (Å²) < 4.78 is 27.8. The molecule has 0 bridgehead atoms. The van der Waals surface area contributed by atoms with Crippen molar-refractivity contribution in [2.45, 2.75) is 25.7 Å². The standard InChI is InChI=1S/C10H13F2NO2/c1-6(13)9(14)7-2-4-8(5-3-7)15-10(11)12/h2-6,9-10,14H,13H2,1H3/t6-,9-/m0/s1. The third kappa shape index (κ3) is 3.45. The summed E-state index contributed by atoms with van der Waals surface area (Å²) in [7, 11) is 0. The molecule has 0 aliphatic rings. The zero-order valence-corrected chi connectivity index (χ0v) is 8.23. The van der Waals surface area contributed by atoms with E-state index in [9.17, 15) is 13.9 Å². The summed E-state index contributed by atoms with van der Waals surface area (Å²) in [5.41, 5.74) is 6.06. The molecule has 0 unspecified atom stereocenters. The van der Waals surface area contributed by atoms with Crippen LogP contribution in [0.2, 0.25) is 0 Å². The smallest absolute Gasteiger partial charge is 0.387 e. The zero-order chi connectivity index (χ0) is 11.4. The monoisotopic (exact) mass is 217 g/mol. The van der Waals surface area contributed by atoms with Crippen molar-refractivity contribution in [3.05, 3.63) is 29.8 Å². The van der Waals surface area contributed by atoms with E-state index in [2.05, 4.69) is 4.74 Å². The normalized spacial score (nSPS) is 15.1. The SMILES string of the molecule is C[C@H](N)[C@H](O)c1ccc(OC(F)F)cc1. The molecular weight excluding hydrogens is 204 g/mol. The molecule has 1 rings (SSSR count). The van der Waals surface area contributed by atoms with Crippen LogP contribution in [0.3, 0.4) is 0 Å². The number of benzene rings is 1. The first-order chi connectivity index (χ1) is 7.00. The number of hydrogen-bond donors (Lipinski definition) is 2. The first kappa shape index (κ1) is 11.9. The number of rotatable bonds is 4. The predicted octanol–water partition coefficient (Wildman–Crippen LogP) is 1.67. The van der Waals surface area contributed by atoms with Crippen LogP contribution in [-0.2, 0) is 0 Å². The molecule has 3 nitrogen and oxygen atoms in total. The maximum atomic E-state index is 11.8. The van der Waals surface area contributed by atoms with Gasteiger partial charge in [-0.1, -0.05) is 12.1 Å². The van der Waals surface area contributed by atoms with E-state index >= 15 is 0 Å². The first-order valence-electron chi connectivity index (χ1n) is 4.49. The van der Waals surface area contributed by atoms with Gasteiger partial charge in [0.2, 0.25) is 0 Å². The number of hydrogen-bond acceptors (Lipinski definition) is 3. The van der Waals surface area contributed by atoms with E-state index < -0.39 is 18.8 Å². The molecule has 2 atom stereocenters. The lowest BCUT2D eigenvalue weighted by molar-refractivity contribution is -0.0498. The van der Waals surface area contributed by atoms with Crippen molar-refractivity contribution in [2.75, 3.05) is 0 Å². The molecule has 0 fully saturated rings. The Bertz CT molecular complexity index is 301. The van der Waals surface area contributed by atoms with Gasteiger partial charge in [-0.3, -0.25) is 0 Å². The maximum absolute atomic E-state index is 11.8. The second-order valence-corrected chi connectivity index (χ2v) is 3.25. The fourth-order valence-electron chi connectivity index (χ4n) is 1.15. The van der Waals surface area contributed by atoms with E-state index in [1.165, 1.54) is 24.3 Å². The van der Waals surface area contributed by atoms with Crippen molar-refractivity contribution in [3.63, 3.8) is 0 Å². The molecular formula is C10H13F2NO2. The predicted molar refractivity (Wildman–Crippen MR) is 51.7 cm³/mol. The highest BCUT2D eigenvalue weighted by Crippen LogP contribution is 2.20. The fourth-order valence-corrected chi connectivity index (χ4v) is 1.15. The van der Waals surface area contributed by atoms with Crippen LogP contribution in [0.5, 0.6) is 5.75 Å². The van der Waals surface area contributed by atoms with Crippen LogP contribution in [0.4, 0.5) is 8.78 Å². The maximum Gasteiger partial charge on any atom is 0.387 e. The molecule has 15 heavy (non-hydrogen) atoms. The third-order valence-electron chi connectivity index (χ3n) is 1.94. The highest BCUT2D eigenvalue weighted by molar-refractivity contribution is 5.29. The topological polar surface area (TPSA) is 55.5 Å². The van der Waals surface area contributed by atoms with Crippen LogP contribution in [0.25, 0.3) is 0 Å². The van der Waals surface area contributed by atoms with E-state index in [1.54, 1.807) is 6.92 Å². The quantitative estimate of drug-likeness (QED) is 0.806. The summed E-state index contributed by atoms with van der Waals surface area (Å²) in [6.07, 6.45) is -0.800. The number of halogens is 2. The van der Waals surface area contributed by atoms with Crippen molar-refractivity contribution in [1.82, 2.24) is 0 Å². The first-order valence-corrected chi connectivity index (χ1v) is 4.49. The van der Waals surface area contributed by atoms with Gasteiger partial charge in [-0.15, -0.1) is 0 Å². The summed E-state index contributed by atoms with van der Waals surface area (Å²) in [6.45, 7) is -1.18. The Kier molecular flexibility index (Phi) is 3.99. The molecule has 84 valence electrons. The lowest BCUT2D eigenvalue weighted by atomic mass is 10.0. The van der Waals surface area contributed by atoms with Gasteiger partial charge in [-0.25, -0.2) is 0 Å². The molecule has 0 radical (unpaired) electrons. The van der Waals surface area contributed by atoms with Crippen molar-refractivity contribution in [3.8, 4) is 5.75 Å². The highest BCUT2D eigenvalue weighted by atomic mass is 19.3. The minimum absolute atomic E-state index is 0.0608. The lowest BCUT2D eigenvalue weighted by Crippen LogP contribution is -2.24. The van der Waals surface area contributed by atoms with E-state index in [0.29, 0.717) is 5.56 Å². The van der Waals surface area contributed by atoms with Crippen LogP contribution < -0.4 is 10.5 Å². The highest BCUT2D eigenvalue weighted by Gasteiger charge is 2.12. The van der Waals surface area contributed by atoms with Crippen molar-refractivity contribution in [1.29, 1.82) is 0 Å². The van der Waals surface area contributed by atoms with E-state index in [1.807, 2.05) is 0 Å². The molecule has 0 saturated heterocycles. The Morgan fingerprint density at radius 1 is 1.27 bits per heavy atom. The largest absolute Gasteiger partial charge is 0.435 e. The van der Waals surface area contributed by atoms with Crippen molar-refractivity contribution in [2.24, 2.45) is 5.73 Å². The van der Waals surface area contributed by atoms with Gasteiger partial charge in [0.15, 0.2) is 0 Å². The van der Waals surface area contributed by atoms with Crippen LogP contribution >= 0.6 is 0 Å². The minimum atomic E-state index is -2.84. The van der Waals surface area contributed by atoms with Crippen LogP contribution in [-0.4, -0.2) is 17.8 Å². The molecule has 0 heterocycles. The third-order valence-corrected chi connectivity index (χ3v) is 1.94.